The molecule has 9 heteroatoms. The average Bonchev–Trinajstić information content (AvgIpc) is 2.85. The van der Waals surface area contributed by atoms with Crippen LogP contribution in [0.15, 0.2) is 66.7 Å². The van der Waals surface area contributed by atoms with E-state index in [0.717, 1.165) is 5.56 Å². The van der Waals surface area contributed by atoms with Crippen LogP contribution >= 0.6 is 11.6 Å². The van der Waals surface area contributed by atoms with Gasteiger partial charge in [-0.05, 0) is 42.0 Å². The standard InChI is InChI=1S/C26H25ClF3N3O2/c27-19-10-8-18(9-11-19)25(35-17-20-21(28)5-3-6-22(20)29)16-32-12-14-33(15-13-32)26(34)31-24-7-2-1-4-23(24)30/h1-11,25H,12-17H2,(H,31,34). The first-order chi connectivity index (χ1) is 16.9. The van der Waals surface area contributed by atoms with E-state index in [4.69, 9.17) is 16.3 Å². The number of ether oxygens (including phenoxy) is 1. The van der Waals surface area contributed by atoms with E-state index in [9.17, 15) is 18.0 Å². The molecule has 1 aliphatic rings. The van der Waals surface area contributed by atoms with E-state index in [0.29, 0.717) is 37.7 Å². The topological polar surface area (TPSA) is 44.8 Å². The van der Waals surface area contributed by atoms with Crippen LogP contribution in [0.1, 0.15) is 17.2 Å². The van der Waals surface area contributed by atoms with Gasteiger partial charge in [0.2, 0.25) is 0 Å². The highest BCUT2D eigenvalue weighted by Crippen LogP contribution is 2.25. The summed E-state index contributed by atoms with van der Waals surface area (Å²) in [5, 5.41) is 3.17. The molecule has 1 fully saturated rings. The number of benzene rings is 3. The number of urea groups is 1. The molecule has 3 aromatic rings. The number of carbonyl (C=O) groups is 1. The number of nitrogens with one attached hydrogen (secondary N) is 1. The van der Waals surface area contributed by atoms with Gasteiger partial charge in [-0.1, -0.05) is 41.9 Å². The molecular formula is C26H25ClF3N3O2. The second-order valence-electron chi connectivity index (χ2n) is 8.25. The van der Waals surface area contributed by atoms with Crippen LogP contribution in [0.3, 0.4) is 0 Å². The maximum atomic E-state index is 14.1. The molecule has 1 heterocycles. The van der Waals surface area contributed by atoms with E-state index < -0.39 is 23.6 Å². The third kappa shape index (κ3) is 6.54. The largest absolute Gasteiger partial charge is 0.367 e. The Labute approximate surface area is 207 Å². The number of nitrogens with zero attached hydrogens (tertiary/aromatic N) is 2. The lowest BCUT2D eigenvalue weighted by Crippen LogP contribution is -2.50. The summed E-state index contributed by atoms with van der Waals surface area (Å²) in [5.41, 5.74) is 0.837. The van der Waals surface area contributed by atoms with Gasteiger partial charge in [-0.2, -0.15) is 0 Å². The van der Waals surface area contributed by atoms with Gasteiger partial charge in [-0.3, -0.25) is 4.90 Å². The van der Waals surface area contributed by atoms with Crippen molar-refractivity contribution in [1.29, 1.82) is 0 Å². The number of halogens is 4. The number of piperazine rings is 1. The number of anilines is 1. The van der Waals surface area contributed by atoms with Crippen molar-refractivity contribution in [3.8, 4) is 0 Å². The quantitative estimate of drug-likeness (QED) is 0.439. The zero-order valence-corrected chi connectivity index (χ0v) is 19.6. The van der Waals surface area contributed by atoms with Crippen molar-refractivity contribution >= 4 is 23.3 Å². The van der Waals surface area contributed by atoms with Gasteiger partial charge in [0, 0.05) is 43.3 Å². The first-order valence-corrected chi connectivity index (χ1v) is 11.6. The van der Waals surface area contributed by atoms with Crippen molar-refractivity contribution in [2.24, 2.45) is 0 Å². The molecule has 3 aromatic carbocycles. The number of para-hydroxylation sites is 1. The van der Waals surface area contributed by atoms with Gasteiger partial charge in [-0.25, -0.2) is 18.0 Å². The van der Waals surface area contributed by atoms with Gasteiger partial charge in [0.15, 0.2) is 0 Å². The molecule has 0 bridgehead atoms. The van der Waals surface area contributed by atoms with Gasteiger partial charge in [0.05, 0.1) is 18.4 Å². The molecule has 5 nitrogen and oxygen atoms in total. The Morgan fingerprint density at radius 1 is 0.886 bits per heavy atom. The lowest BCUT2D eigenvalue weighted by Gasteiger charge is -2.36. The minimum atomic E-state index is -0.658. The van der Waals surface area contributed by atoms with E-state index >= 15 is 0 Å². The van der Waals surface area contributed by atoms with Crippen molar-refractivity contribution in [3.63, 3.8) is 0 Å². The summed E-state index contributed by atoms with van der Waals surface area (Å²) >= 11 is 6.02. The summed E-state index contributed by atoms with van der Waals surface area (Å²) in [6.07, 6.45) is -0.468. The van der Waals surface area contributed by atoms with Crippen LogP contribution in [0, 0.1) is 17.5 Å². The second-order valence-corrected chi connectivity index (χ2v) is 8.69. The minimum absolute atomic E-state index is 0.124. The fourth-order valence-electron chi connectivity index (χ4n) is 3.91. The third-order valence-corrected chi connectivity index (χ3v) is 6.18. The molecule has 1 atom stereocenters. The van der Waals surface area contributed by atoms with E-state index in [1.165, 1.54) is 30.3 Å². The summed E-state index contributed by atoms with van der Waals surface area (Å²) in [6, 6.07) is 16.5. The van der Waals surface area contributed by atoms with E-state index in [1.807, 2.05) is 12.1 Å². The Balaban J connectivity index is 1.38. The molecule has 4 rings (SSSR count). The van der Waals surface area contributed by atoms with E-state index in [-0.39, 0.29) is 23.9 Å². The fourth-order valence-corrected chi connectivity index (χ4v) is 4.04. The van der Waals surface area contributed by atoms with Gasteiger partial charge in [0.25, 0.3) is 0 Å². The zero-order chi connectivity index (χ0) is 24.8. The van der Waals surface area contributed by atoms with Crippen molar-refractivity contribution in [2.75, 3.05) is 38.0 Å². The molecule has 0 aromatic heterocycles. The molecule has 1 unspecified atom stereocenters. The summed E-state index contributed by atoms with van der Waals surface area (Å²) in [4.78, 5) is 16.3. The Hall–Kier alpha value is -3.07. The molecular weight excluding hydrogens is 479 g/mol. The van der Waals surface area contributed by atoms with Crippen LogP contribution in [-0.4, -0.2) is 48.6 Å². The van der Waals surface area contributed by atoms with E-state index in [2.05, 4.69) is 10.2 Å². The number of hydrogen-bond acceptors (Lipinski definition) is 3. The van der Waals surface area contributed by atoms with Crippen LogP contribution < -0.4 is 5.32 Å². The zero-order valence-electron chi connectivity index (χ0n) is 18.9. The van der Waals surface area contributed by atoms with Crippen LogP contribution in [0.4, 0.5) is 23.7 Å². The highest BCUT2D eigenvalue weighted by atomic mass is 35.5. The van der Waals surface area contributed by atoms with Gasteiger partial charge >= 0.3 is 6.03 Å². The third-order valence-electron chi connectivity index (χ3n) is 5.93. The van der Waals surface area contributed by atoms with Crippen molar-refractivity contribution < 1.29 is 22.7 Å². The molecule has 1 saturated heterocycles. The van der Waals surface area contributed by atoms with Crippen LogP contribution in [0.5, 0.6) is 0 Å². The molecule has 0 radical (unpaired) electrons. The lowest BCUT2D eigenvalue weighted by atomic mass is 10.1. The summed E-state index contributed by atoms with van der Waals surface area (Å²) < 4.78 is 48.0. The van der Waals surface area contributed by atoms with Gasteiger partial charge in [-0.15, -0.1) is 0 Å². The Morgan fingerprint density at radius 3 is 2.17 bits per heavy atom. The summed E-state index contributed by atoms with van der Waals surface area (Å²) in [7, 11) is 0. The Kier molecular flexibility index (Phi) is 8.28. The fraction of sp³-hybridized carbons (Fsp3) is 0.269. The predicted octanol–water partition coefficient (Wildman–Crippen LogP) is 5.86. The van der Waals surface area contributed by atoms with Crippen LogP contribution in [0.25, 0.3) is 0 Å². The normalized spacial score (nSPS) is 15.1. The molecule has 0 saturated carbocycles. The maximum absolute atomic E-state index is 14.1. The number of carbonyl (C=O) groups excluding carboxylic acids is 1. The summed E-state index contributed by atoms with van der Waals surface area (Å²) in [6.45, 7) is 2.24. The first kappa shape index (κ1) is 25.0. The van der Waals surface area contributed by atoms with Gasteiger partial charge in [0.1, 0.15) is 17.5 Å². The molecule has 0 aliphatic carbocycles. The number of rotatable bonds is 7. The molecule has 35 heavy (non-hydrogen) atoms. The van der Waals surface area contributed by atoms with Crippen molar-refractivity contribution in [2.45, 2.75) is 12.7 Å². The number of amides is 2. The highest BCUT2D eigenvalue weighted by molar-refractivity contribution is 6.30. The Bertz CT molecular complexity index is 1130. The van der Waals surface area contributed by atoms with Crippen molar-refractivity contribution in [3.05, 3.63) is 100 Å². The SMILES string of the molecule is O=C(Nc1ccccc1F)N1CCN(CC(OCc2c(F)cccc2F)c2ccc(Cl)cc2)CC1. The van der Waals surface area contributed by atoms with Gasteiger partial charge < -0.3 is 15.0 Å². The molecule has 1 aliphatic heterocycles. The predicted molar refractivity (Wildman–Crippen MR) is 129 cm³/mol. The minimum Gasteiger partial charge on any atom is -0.367 e. The maximum Gasteiger partial charge on any atom is 0.322 e. The first-order valence-electron chi connectivity index (χ1n) is 11.2. The van der Waals surface area contributed by atoms with Crippen molar-refractivity contribution in [1.82, 2.24) is 9.80 Å². The molecule has 184 valence electrons. The highest BCUT2D eigenvalue weighted by Gasteiger charge is 2.25. The van der Waals surface area contributed by atoms with Crippen LogP contribution in [-0.2, 0) is 11.3 Å². The smallest absolute Gasteiger partial charge is 0.322 e. The van der Waals surface area contributed by atoms with Crippen LogP contribution in [0.2, 0.25) is 5.02 Å². The lowest BCUT2D eigenvalue weighted by molar-refractivity contribution is 0.00376. The molecule has 1 N–H and O–H groups in total. The molecule has 2 amide bonds. The Morgan fingerprint density at radius 2 is 1.51 bits per heavy atom. The number of hydrogen-bond donors (Lipinski definition) is 1. The monoisotopic (exact) mass is 503 g/mol. The second kappa shape index (κ2) is 11.6. The van der Waals surface area contributed by atoms with E-state index in [1.54, 1.807) is 29.2 Å². The average molecular weight is 504 g/mol. The summed E-state index contributed by atoms with van der Waals surface area (Å²) in [5.74, 6) is -1.81. The molecule has 0 spiro atoms.